The molecule has 0 saturated heterocycles. The summed E-state index contributed by atoms with van der Waals surface area (Å²) in [5.74, 6) is -5.53. The van der Waals surface area contributed by atoms with Crippen LogP contribution in [-0.2, 0) is 9.84 Å². The number of hydrogen-bond acceptors (Lipinski definition) is 8. The predicted molar refractivity (Wildman–Crippen MR) is 112 cm³/mol. The Morgan fingerprint density at radius 2 is 1.74 bits per heavy atom. The fraction of sp³-hybridized carbons (Fsp3) is 0.474. The van der Waals surface area contributed by atoms with Gasteiger partial charge in [0.1, 0.15) is 5.82 Å². The highest BCUT2D eigenvalue weighted by atomic mass is 32.2. The van der Waals surface area contributed by atoms with Crippen molar-refractivity contribution in [2.24, 2.45) is 0 Å². The lowest BCUT2D eigenvalue weighted by Crippen LogP contribution is -2.41. The van der Waals surface area contributed by atoms with Crippen molar-refractivity contribution >= 4 is 21.3 Å². The van der Waals surface area contributed by atoms with Crippen molar-refractivity contribution in [3.8, 4) is 17.1 Å². The second-order valence-corrected chi connectivity index (χ2v) is 10.4. The maximum Gasteiger partial charge on any atom is 0.456 e. The van der Waals surface area contributed by atoms with Crippen LogP contribution in [0.3, 0.4) is 0 Å². The molecule has 1 N–H and O–H groups in total. The van der Waals surface area contributed by atoms with Gasteiger partial charge in [-0.3, -0.25) is 0 Å². The van der Waals surface area contributed by atoms with Crippen LogP contribution >= 0.6 is 0 Å². The summed E-state index contributed by atoms with van der Waals surface area (Å²) in [4.78, 5) is 11.9. The van der Waals surface area contributed by atoms with E-state index < -0.39 is 40.0 Å². The van der Waals surface area contributed by atoms with Crippen LogP contribution in [0.25, 0.3) is 16.9 Å². The first-order valence-electron chi connectivity index (χ1n) is 9.84. The predicted octanol–water partition coefficient (Wildman–Crippen LogP) is 3.77. The minimum Gasteiger partial charge on any atom is -0.470 e. The van der Waals surface area contributed by atoms with Crippen LogP contribution in [0.4, 0.5) is 27.8 Å². The van der Waals surface area contributed by atoms with Gasteiger partial charge in [-0.2, -0.15) is 31.6 Å². The third-order valence-electron chi connectivity index (χ3n) is 4.36. The molecule has 186 valence electrons. The fourth-order valence-corrected chi connectivity index (χ4v) is 3.74. The lowest BCUT2D eigenvalue weighted by molar-refractivity contribution is -0.290. The summed E-state index contributed by atoms with van der Waals surface area (Å²) in [7, 11) is -3.88. The Morgan fingerprint density at radius 1 is 1.06 bits per heavy atom. The Kier molecular flexibility index (Phi) is 6.45. The molecule has 3 aromatic heterocycles. The zero-order chi connectivity index (χ0) is 25.5. The molecule has 0 atom stereocenters. The molecule has 0 amide bonds. The molecule has 0 unspecified atom stereocenters. The summed E-state index contributed by atoms with van der Waals surface area (Å²) in [5, 5.41) is 7.06. The van der Waals surface area contributed by atoms with Crippen LogP contribution in [-0.4, -0.2) is 63.0 Å². The van der Waals surface area contributed by atoms with Gasteiger partial charge < -0.3 is 10.1 Å². The van der Waals surface area contributed by atoms with E-state index >= 15 is 0 Å². The van der Waals surface area contributed by atoms with Crippen molar-refractivity contribution in [2.45, 2.75) is 50.4 Å². The molecule has 0 aliphatic heterocycles. The lowest BCUT2D eigenvalue weighted by atomic mass is 10.1. The first-order valence-corrected chi connectivity index (χ1v) is 11.5. The van der Waals surface area contributed by atoms with E-state index in [1.807, 2.05) is 20.8 Å². The van der Waals surface area contributed by atoms with Crippen molar-refractivity contribution in [1.82, 2.24) is 24.6 Å². The average molecular weight is 508 g/mol. The first kappa shape index (κ1) is 25.5. The maximum atomic E-state index is 13.1. The lowest BCUT2D eigenvalue weighted by Gasteiger charge is -2.22. The number of hydrogen-bond donors (Lipinski definition) is 1. The summed E-state index contributed by atoms with van der Waals surface area (Å²) in [6, 6.07) is 1.60. The summed E-state index contributed by atoms with van der Waals surface area (Å²) in [6.07, 6.45) is -2.56. The van der Waals surface area contributed by atoms with Crippen molar-refractivity contribution in [3.63, 3.8) is 0 Å². The fourth-order valence-electron chi connectivity index (χ4n) is 2.75. The minimum absolute atomic E-state index is 0.000851. The van der Waals surface area contributed by atoms with Gasteiger partial charge in [0.25, 0.3) is 0 Å². The second kappa shape index (κ2) is 8.60. The van der Waals surface area contributed by atoms with Crippen LogP contribution in [0.1, 0.15) is 27.7 Å². The maximum absolute atomic E-state index is 13.1. The SMILES string of the molecule is CCS(=O)(=O)c1nn2c(NC(C)(C)C)ccnc2c1-c1cnc(OCC(F)(F)C(F)(F)F)cn1. The molecule has 0 bridgehead atoms. The van der Waals surface area contributed by atoms with E-state index in [4.69, 9.17) is 0 Å². The molecule has 34 heavy (non-hydrogen) atoms. The van der Waals surface area contributed by atoms with E-state index in [1.165, 1.54) is 17.6 Å². The molecule has 3 aromatic rings. The highest BCUT2D eigenvalue weighted by Crippen LogP contribution is 2.36. The molecule has 0 aliphatic rings. The monoisotopic (exact) mass is 508 g/mol. The molecule has 0 spiro atoms. The number of anilines is 1. The van der Waals surface area contributed by atoms with Gasteiger partial charge in [-0.1, -0.05) is 6.92 Å². The topological polar surface area (TPSA) is 111 Å². The zero-order valence-electron chi connectivity index (χ0n) is 18.5. The number of ether oxygens (including phenoxy) is 1. The van der Waals surface area contributed by atoms with Gasteiger partial charge in [0.05, 0.1) is 29.4 Å². The van der Waals surface area contributed by atoms with Crippen LogP contribution in [0.15, 0.2) is 29.7 Å². The average Bonchev–Trinajstić information content (AvgIpc) is 3.12. The van der Waals surface area contributed by atoms with Gasteiger partial charge in [0, 0.05) is 11.7 Å². The van der Waals surface area contributed by atoms with Gasteiger partial charge in [-0.05, 0) is 26.8 Å². The highest BCUT2D eigenvalue weighted by molar-refractivity contribution is 7.91. The van der Waals surface area contributed by atoms with Crippen molar-refractivity contribution in [1.29, 1.82) is 0 Å². The van der Waals surface area contributed by atoms with E-state index in [2.05, 4.69) is 30.1 Å². The van der Waals surface area contributed by atoms with Crippen LogP contribution in [0.5, 0.6) is 5.88 Å². The summed E-state index contributed by atoms with van der Waals surface area (Å²) >= 11 is 0. The van der Waals surface area contributed by atoms with Crippen LogP contribution in [0, 0.1) is 0 Å². The third-order valence-corrected chi connectivity index (χ3v) is 6.00. The molecule has 0 radical (unpaired) electrons. The molecule has 3 rings (SSSR count). The van der Waals surface area contributed by atoms with E-state index in [-0.39, 0.29) is 27.7 Å². The van der Waals surface area contributed by atoms with Gasteiger partial charge in [0.15, 0.2) is 27.1 Å². The number of nitrogens with zero attached hydrogens (tertiary/aromatic N) is 5. The van der Waals surface area contributed by atoms with Gasteiger partial charge in [-0.25, -0.2) is 23.4 Å². The van der Waals surface area contributed by atoms with Crippen LogP contribution in [0.2, 0.25) is 0 Å². The smallest absolute Gasteiger partial charge is 0.456 e. The summed E-state index contributed by atoms with van der Waals surface area (Å²) in [6.45, 7) is 5.11. The summed E-state index contributed by atoms with van der Waals surface area (Å²) < 4.78 is 94.3. The Balaban J connectivity index is 2.06. The zero-order valence-corrected chi connectivity index (χ0v) is 19.3. The number of sulfone groups is 1. The standard InChI is InChI=1S/C19H21F5N6O3S/c1-5-34(31,32)16-14(15-25-7-6-12(30(15)29-16)28-17(2,3)4)11-8-27-13(9-26-11)33-10-18(20,21)19(22,23)24/h6-9,28H,5,10H2,1-4H3. The Bertz CT molecular complexity index is 1280. The largest absolute Gasteiger partial charge is 0.470 e. The molecule has 0 saturated carbocycles. The Labute approximate surface area is 191 Å². The minimum atomic E-state index is -5.79. The Hall–Kier alpha value is -3.10. The number of aromatic nitrogens is 5. The molecule has 15 heteroatoms. The molecule has 0 fully saturated rings. The first-order chi connectivity index (χ1) is 15.6. The highest BCUT2D eigenvalue weighted by Gasteiger charge is 2.58. The van der Waals surface area contributed by atoms with Crippen molar-refractivity contribution < 1.29 is 35.1 Å². The van der Waals surface area contributed by atoms with Crippen molar-refractivity contribution in [3.05, 3.63) is 24.7 Å². The number of fused-ring (bicyclic) bond motifs is 1. The molecule has 3 heterocycles. The molecule has 0 aliphatic carbocycles. The number of rotatable bonds is 7. The normalized spacial score (nSPS) is 13.3. The molecular weight excluding hydrogens is 487 g/mol. The van der Waals surface area contributed by atoms with Gasteiger partial charge >= 0.3 is 12.1 Å². The quantitative estimate of drug-likeness (QED) is 0.480. The number of alkyl halides is 5. The van der Waals surface area contributed by atoms with Gasteiger partial charge in [-0.15, -0.1) is 0 Å². The molecular formula is C19H21F5N6O3S. The second-order valence-electron chi connectivity index (χ2n) is 8.25. The van der Waals surface area contributed by atoms with Crippen molar-refractivity contribution in [2.75, 3.05) is 17.7 Å². The Morgan fingerprint density at radius 3 is 2.26 bits per heavy atom. The van der Waals surface area contributed by atoms with E-state index in [0.717, 1.165) is 12.4 Å². The molecule has 9 nitrogen and oxygen atoms in total. The van der Waals surface area contributed by atoms with Gasteiger partial charge in [0.2, 0.25) is 5.88 Å². The number of halogens is 5. The molecule has 0 aromatic carbocycles. The third kappa shape index (κ3) is 5.18. The summed E-state index contributed by atoms with van der Waals surface area (Å²) in [5.41, 5.74) is -0.328. The van der Waals surface area contributed by atoms with E-state index in [9.17, 15) is 30.4 Å². The van der Waals surface area contributed by atoms with Crippen LogP contribution < -0.4 is 10.1 Å². The van der Waals surface area contributed by atoms with E-state index in [0.29, 0.717) is 5.82 Å². The van der Waals surface area contributed by atoms with E-state index in [1.54, 1.807) is 6.07 Å². The number of nitrogens with one attached hydrogen (secondary N) is 1.